The molecule has 0 saturated carbocycles. The highest BCUT2D eigenvalue weighted by Crippen LogP contribution is 2.31. The van der Waals surface area contributed by atoms with Crippen LogP contribution in [-0.4, -0.2) is 49.3 Å². The molecule has 1 atom stereocenters. The van der Waals surface area contributed by atoms with Gasteiger partial charge in [0.25, 0.3) is 0 Å². The average Bonchev–Trinajstić information content (AvgIpc) is 2.73. The SMILES string of the molecule is COc1ccc(NC(=O)C(C)N2CCC(c3ccc(O)cc3)CC2)cc1OC. The summed E-state index contributed by atoms with van der Waals surface area (Å²) in [6.07, 6.45) is 2.00. The smallest absolute Gasteiger partial charge is 0.241 e. The van der Waals surface area contributed by atoms with E-state index in [1.165, 1.54) is 5.56 Å². The summed E-state index contributed by atoms with van der Waals surface area (Å²) < 4.78 is 10.5. The summed E-state index contributed by atoms with van der Waals surface area (Å²) in [4.78, 5) is 14.9. The highest BCUT2D eigenvalue weighted by molar-refractivity contribution is 5.94. The van der Waals surface area contributed by atoms with Gasteiger partial charge in [0.15, 0.2) is 11.5 Å². The molecule has 28 heavy (non-hydrogen) atoms. The number of carbonyl (C=O) groups is 1. The molecule has 1 heterocycles. The Bertz CT molecular complexity index is 799. The van der Waals surface area contributed by atoms with Gasteiger partial charge in [-0.15, -0.1) is 0 Å². The quantitative estimate of drug-likeness (QED) is 0.796. The zero-order chi connectivity index (χ0) is 20.1. The normalized spacial score (nSPS) is 16.4. The number of likely N-dealkylation sites (tertiary alicyclic amines) is 1. The van der Waals surface area contributed by atoms with Crippen molar-refractivity contribution in [2.45, 2.75) is 31.7 Å². The zero-order valence-corrected chi connectivity index (χ0v) is 16.6. The van der Waals surface area contributed by atoms with Crippen molar-refractivity contribution >= 4 is 11.6 Å². The molecule has 150 valence electrons. The molecule has 1 fully saturated rings. The van der Waals surface area contributed by atoms with E-state index < -0.39 is 0 Å². The molecule has 2 aromatic carbocycles. The number of anilines is 1. The molecule has 1 aliphatic rings. The number of hydrogen-bond acceptors (Lipinski definition) is 5. The van der Waals surface area contributed by atoms with E-state index >= 15 is 0 Å². The maximum Gasteiger partial charge on any atom is 0.241 e. The van der Waals surface area contributed by atoms with Crippen LogP contribution in [0, 0.1) is 0 Å². The number of benzene rings is 2. The van der Waals surface area contributed by atoms with Crippen molar-refractivity contribution in [2.24, 2.45) is 0 Å². The van der Waals surface area contributed by atoms with E-state index in [9.17, 15) is 9.90 Å². The lowest BCUT2D eigenvalue weighted by molar-refractivity contribution is -0.121. The van der Waals surface area contributed by atoms with Crippen LogP contribution in [0.3, 0.4) is 0 Å². The maximum absolute atomic E-state index is 12.7. The first-order chi connectivity index (χ1) is 13.5. The molecule has 6 nitrogen and oxygen atoms in total. The monoisotopic (exact) mass is 384 g/mol. The number of nitrogens with one attached hydrogen (secondary N) is 1. The van der Waals surface area contributed by atoms with Crippen molar-refractivity contribution in [3.8, 4) is 17.2 Å². The number of phenols is 1. The largest absolute Gasteiger partial charge is 0.508 e. The lowest BCUT2D eigenvalue weighted by Gasteiger charge is -2.35. The van der Waals surface area contributed by atoms with Gasteiger partial charge in [-0.1, -0.05) is 12.1 Å². The summed E-state index contributed by atoms with van der Waals surface area (Å²) in [5.41, 5.74) is 1.94. The van der Waals surface area contributed by atoms with E-state index in [0.29, 0.717) is 28.9 Å². The fourth-order valence-electron chi connectivity index (χ4n) is 3.69. The van der Waals surface area contributed by atoms with E-state index in [-0.39, 0.29) is 11.9 Å². The number of carbonyl (C=O) groups excluding carboxylic acids is 1. The van der Waals surface area contributed by atoms with Gasteiger partial charge in [-0.3, -0.25) is 9.69 Å². The fraction of sp³-hybridized carbons (Fsp3) is 0.409. The van der Waals surface area contributed by atoms with Crippen molar-refractivity contribution in [1.29, 1.82) is 0 Å². The second-order valence-corrected chi connectivity index (χ2v) is 7.14. The van der Waals surface area contributed by atoms with Crippen molar-refractivity contribution < 1.29 is 19.4 Å². The number of phenolic OH excluding ortho intramolecular Hbond substituents is 1. The molecule has 0 aliphatic carbocycles. The first-order valence-electron chi connectivity index (χ1n) is 9.57. The predicted octanol–water partition coefficient (Wildman–Crippen LogP) is 3.62. The van der Waals surface area contributed by atoms with Gasteiger partial charge < -0.3 is 19.9 Å². The third-order valence-electron chi connectivity index (χ3n) is 5.47. The van der Waals surface area contributed by atoms with E-state index in [0.717, 1.165) is 25.9 Å². The van der Waals surface area contributed by atoms with E-state index in [4.69, 9.17) is 9.47 Å². The highest BCUT2D eigenvalue weighted by atomic mass is 16.5. The van der Waals surface area contributed by atoms with Crippen molar-refractivity contribution in [3.63, 3.8) is 0 Å². The first kappa shape index (κ1) is 20.0. The minimum absolute atomic E-state index is 0.0321. The van der Waals surface area contributed by atoms with Gasteiger partial charge >= 0.3 is 0 Å². The molecular formula is C22H28N2O4. The summed E-state index contributed by atoms with van der Waals surface area (Å²) in [6, 6.07) is 12.6. The molecule has 0 spiro atoms. The number of amides is 1. The molecule has 1 amide bonds. The topological polar surface area (TPSA) is 71.0 Å². The molecular weight excluding hydrogens is 356 g/mol. The minimum Gasteiger partial charge on any atom is -0.508 e. The summed E-state index contributed by atoms with van der Waals surface area (Å²) in [7, 11) is 3.16. The minimum atomic E-state index is -0.214. The maximum atomic E-state index is 12.7. The second-order valence-electron chi connectivity index (χ2n) is 7.14. The van der Waals surface area contributed by atoms with Crippen molar-refractivity contribution in [2.75, 3.05) is 32.6 Å². The summed E-state index contributed by atoms with van der Waals surface area (Å²) >= 11 is 0. The number of ether oxygens (including phenoxy) is 2. The Balaban J connectivity index is 1.56. The van der Waals surface area contributed by atoms with Gasteiger partial charge in [0.1, 0.15) is 5.75 Å². The van der Waals surface area contributed by atoms with E-state index in [1.807, 2.05) is 25.1 Å². The van der Waals surface area contributed by atoms with Crippen LogP contribution in [0.1, 0.15) is 31.2 Å². The zero-order valence-electron chi connectivity index (χ0n) is 16.6. The summed E-state index contributed by atoms with van der Waals surface area (Å²) in [5, 5.41) is 12.4. The third-order valence-corrected chi connectivity index (χ3v) is 5.47. The van der Waals surface area contributed by atoms with Crippen LogP contribution in [0.25, 0.3) is 0 Å². The Kier molecular flexibility index (Phi) is 6.41. The molecule has 1 unspecified atom stereocenters. The van der Waals surface area contributed by atoms with Crippen molar-refractivity contribution in [3.05, 3.63) is 48.0 Å². The van der Waals surface area contributed by atoms with Crippen LogP contribution in [0.5, 0.6) is 17.2 Å². The lowest BCUT2D eigenvalue weighted by Crippen LogP contribution is -2.45. The Morgan fingerprint density at radius 3 is 2.32 bits per heavy atom. The second kappa shape index (κ2) is 8.97. The number of aromatic hydroxyl groups is 1. The molecule has 2 N–H and O–H groups in total. The highest BCUT2D eigenvalue weighted by Gasteiger charge is 2.27. The number of hydrogen-bond donors (Lipinski definition) is 2. The van der Waals surface area contributed by atoms with Gasteiger partial charge in [0, 0.05) is 11.8 Å². The van der Waals surface area contributed by atoms with Gasteiger partial charge in [-0.05, 0) is 68.6 Å². The molecule has 1 saturated heterocycles. The number of rotatable bonds is 6. The molecule has 2 aromatic rings. The third kappa shape index (κ3) is 4.57. The average molecular weight is 384 g/mol. The summed E-state index contributed by atoms with van der Waals surface area (Å²) in [5.74, 6) is 1.95. The fourth-order valence-corrected chi connectivity index (χ4v) is 3.69. The predicted molar refractivity (Wildman–Crippen MR) is 109 cm³/mol. The number of nitrogens with zero attached hydrogens (tertiary/aromatic N) is 1. The first-order valence-corrected chi connectivity index (χ1v) is 9.57. The molecule has 1 aliphatic heterocycles. The van der Waals surface area contributed by atoms with E-state index in [2.05, 4.69) is 10.2 Å². The Morgan fingerprint density at radius 1 is 1.07 bits per heavy atom. The molecule has 0 aromatic heterocycles. The Labute approximate surface area is 166 Å². The molecule has 0 bridgehead atoms. The van der Waals surface area contributed by atoms with Crippen LogP contribution >= 0.6 is 0 Å². The molecule has 6 heteroatoms. The van der Waals surface area contributed by atoms with Gasteiger partial charge in [0.2, 0.25) is 5.91 Å². The van der Waals surface area contributed by atoms with Crippen LogP contribution in [0.15, 0.2) is 42.5 Å². The van der Waals surface area contributed by atoms with Gasteiger partial charge in [0.05, 0.1) is 20.3 Å². The van der Waals surface area contributed by atoms with Crippen LogP contribution in [0.4, 0.5) is 5.69 Å². The van der Waals surface area contributed by atoms with E-state index in [1.54, 1.807) is 38.5 Å². The molecule has 3 rings (SSSR count). The Morgan fingerprint density at radius 2 is 1.71 bits per heavy atom. The standard InChI is InChI=1S/C22H28N2O4/c1-15(22(26)23-18-6-9-20(27-2)21(14-18)28-3)24-12-10-17(11-13-24)16-4-7-19(25)8-5-16/h4-9,14-15,17,25H,10-13H2,1-3H3,(H,23,26). The molecule has 0 radical (unpaired) electrons. The lowest BCUT2D eigenvalue weighted by atomic mass is 9.89. The number of piperidine rings is 1. The van der Waals surface area contributed by atoms with Crippen LogP contribution in [-0.2, 0) is 4.79 Å². The van der Waals surface area contributed by atoms with Crippen molar-refractivity contribution in [1.82, 2.24) is 4.90 Å². The van der Waals surface area contributed by atoms with Crippen LogP contribution in [0.2, 0.25) is 0 Å². The van der Waals surface area contributed by atoms with Gasteiger partial charge in [-0.25, -0.2) is 0 Å². The van der Waals surface area contributed by atoms with Gasteiger partial charge in [-0.2, -0.15) is 0 Å². The number of methoxy groups -OCH3 is 2. The van der Waals surface area contributed by atoms with Crippen LogP contribution < -0.4 is 14.8 Å². The summed E-state index contributed by atoms with van der Waals surface area (Å²) in [6.45, 7) is 3.68. The Hall–Kier alpha value is -2.73.